The molecule has 4 rings (SSSR count). The van der Waals surface area contributed by atoms with Gasteiger partial charge in [-0.25, -0.2) is 13.2 Å². The molecule has 2 unspecified atom stereocenters. The van der Waals surface area contributed by atoms with E-state index in [1.165, 1.54) is 5.56 Å². The monoisotopic (exact) mass is 338 g/mol. The first-order valence-corrected chi connectivity index (χ1v) is 8.45. The van der Waals surface area contributed by atoms with Crippen LogP contribution >= 0.6 is 0 Å². The summed E-state index contributed by atoms with van der Waals surface area (Å²) in [6, 6.07) is 0.128. The molecule has 2 heterocycles. The fraction of sp³-hybridized carbons (Fsp3) is 0.588. The predicted octanol–water partition coefficient (Wildman–Crippen LogP) is 3.25. The first-order valence-electron chi connectivity index (χ1n) is 8.45. The first kappa shape index (κ1) is 15.9. The summed E-state index contributed by atoms with van der Waals surface area (Å²) in [5.74, 6) is -3.29. The Morgan fingerprint density at radius 3 is 2.79 bits per heavy atom. The standard InChI is InChI=1S/C17H21F3N4/c18-13-5-15(20)14(19)4-12(13)11-2-1-10(3-16(11)21)24-7-9-6-22-23-17(9)8-24/h5-6,10-12,16H,1-4,7-8,21H2,(H,22,23)/t10-,11+,12?,16?/m0/s1. The number of nitrogens with zero attached hydrogens (tertiary/aromatic N) is 2. The maximum absolute atomic E-state index is 14.1. The summed E-state index contributed by atoms with van der Waals surface area (Å²) in [7, 11) is 0. The maximum atomic E-state index is 14.1. The maximum Gasteiger partial charge on any atom is 0.157 e. The van der Waals surface area contributed by atoms with Crippen LogP contribution < -0.4 is 5.73 Å². The number of aromatic amines is 1. The van der Waals surface area contributed by atoms with E-state index in [4.69, 9.17) is 5.73 Å². The van der Waals surface area contributed by atoms with Gasteiger partial charge in [-0.05, 0) is 25.2 Å². The lowest BCUT2D eigenvalue weighted by molar-refractivity contribution is 0.0985. The molecular formula is C17H21F3N4. The van der Waals surface area contributed by atoms with Gasteiger partial charge in [0.15, 0.2) is 5.83 Å². The van der Waals surface area contributed by atoms with Crippen molar-refractivity contribution in [2.45, 2.75) is 50.9 Å². The molecule has 1 aromatic rings. The SMILES string of the molecule is NC1C[C@@H](N2Cc3cn[nH]c3C2)CC[C@@H]1C1CC(F)=C(F)C=C1F. The first-order chi connectivity index (χ1) is 11.5. The van der Waals surface area contributed by atoms with Crippen LogP contribution in [0.25, 0.3) is 0 Å². The minimum absolute atomic E-state index is 0.140. The summed E-state index contributed by atoms with van der Waals surface area (Å²) in [6.45, 7) is 1.69. The molecule has 0 bridgehead atoms. The van der Waals surface area contributed by atoms with Crippen LogP contribution in [0, 0.1) is 11.8 Å². The molecule has 2 aliphatic carbocycles. The highest BCUT2D eigenvalue weighted by atomic mass is 19.2. The lowest BCUT2D eigenvalue weighted by Gasteiger charge is -2.41. The van der Waals surface area contributed by atoms with Crippen molar-refractivity contribution in [3.05, 3.63) is 41.0 Å². The Kier molecular flexibility index (Phi) is 4.00. The fourth-order valence-corrected chi connectivity index (χ4v) is 4.43. The van der Waals surface area contributed by atoms with Gasteiger partial charge in [0.25, 0.3) is 0 Å². The number of fused-ring (bicyclic) bond motifs is 1. The predicted molar refractivity (Wildman–Crippen MR) is 83.5 cm³/mol. The van der Waals surface area contributed by atoms with E-state index >= 15 is 0 Å². The molecule has 0 aromatic carbocycles. The zero-order valence-corrected chi connectivity index (χ0v) is 13.3. The molecule has 3 aliphatic rings. The van der Waals surface area contributed by atoms with Crippen LogP contribution in [0.3, 0.4) is 0 Å². The average molecular weight is 338 g/mol. The number of rotatable bonds is 2. The fourth-order valence-electron chi connectivity index (χ4n) is 4.43. The van der Waals surface area contributed by atoms with Gasteiger partial charge in [-0.1, -0.05) is 0 Å². The Bertz CT molecular complexity index is 675. The summed E-state index contributed by atoms with van der Waals surface area (Å²) in [6.07, 6.45) is 4.70. The number of H-pyrrole nitrogens is 1. The summed E-state index contributed by atoms with van der Waals surface area (Å²) < 4.78 is 40.8. The zero-order valence-electron chi connectivity index (χ0n) is 13.3. The Hall–Kier alpha value is -1.60. The van der Waals surface area contributed by atoms with Crippen molar-refractivity contribution < 1.29 is 13.2 Å². The molecule has 1 aliphatic heterocycles. The van der Waals surface area contributed by atoms with Crippen LogP contribution in [0.2, 0.25) is 0 Å². The van der Waals surface area contributed by atoms with Crippen LogP contribution in [0.1, 0.15) is 36.9 Å². The highest BCUT2D eigenvalue weighted by Gasteiger charge is 2.40. The second-order valence-corrected chi connectivity index (χ2v) is 7.17. The molecule has 0 amide bonds. The number of allylic oxidation sites excluding steroid dienone is 4. The lowest BCUT2D eigenvalue weighted by Crippen LogP contribution is -2.47. The van der Waals surface area contributed by atoms with Crippen molar-refractivity contribution in [1.29, 1.82) is 0 Å². The normalized spacial score (nSPS) is 34.4. The van der Waals surface area contributed by atoms with Gasteiger partial charge in [0.05, 0.1) is 11.9 Å². The zero-order chi connectivity index (χ0) is 16.8. The van der Waals surface area contributed by atoms with Crippen molar-refractivity contribution in [3.63, 3.8) is 0 Å². The number of aromatic nitrogens is 2. The molecule has 0 saturated heterocycles. The van der Waals surface area contributed by atoms with Gasteiger partial charge in [0.1, 0.15) is 11.7 Å². The third kappa shape index (κ3) is 2.69. The smallest absolute Gasteiger partial charge is 0.157 e. The Morgan fingerprint density at radius 2 is 2.04 bits per heavy atom. The van der Waals surface area contributed by atoms with Crippen molar-refractivity contribution in [1.82, 2.24) is 15.1 Å². The summed E-state index contributed by atoms with van der Waals surface area (Å²) in [5, 5.41) is 7.05. The highest BCUT2D eigenvalue weighted by molar-refractivity contribution is 5.26. The molecule has 1 fully saturated rings. The van der Waals surface area contributed by atoms with E-state index in [2.05, 4.69) is 15.1 Å². The minimum Gasteiger partial charge on any atom is -0.327 e. The molecule has 0 radical (unpaired) electrons. The molecule has 4 nitrogen and oxygen atoms in total. The highest BCUT2D eigenvalue weighted by Crippen LogP contribution is 2.43. The summed E-state index contributed by atoms with van der Waals surface area (Å²) in [5.41, 5.74) is 8.68. The number of nitrogens with two attached hydrogens (primary N) is 1. The van der Waals surface area contributed by atoms with Gasteiger partial charge in [-0.2, -0.15) is 5.10 Å². The lowest BCUT2D eigenvalue weighted by atomic mass is 9.72. The molecule has 24 heavy (non-hydrogen) atoms. The van der Waals surface area contributed by atoms with E-state index in [-0.39, 0.29) is 18.4 Å². The largest absolute Gasteiger partial charge is 0.327 e. The molecule has 1 saturated carbocycles. The molecule has 3 N–H and O–H groups in total. The molecule has 7 heteroatoms. The van der Waals surface area contributed by atoms with Crippen LogP contribution in [0.15, 0.2) is 29.8 Å². The quantitative estimate of drug-likeness (QED) is 0.870. The van der Waals surface area contributed by atoms with Gasteiger partial charge < -0.3 is 5.73 Å². The Morgan fingerprint density at radius 1 is 1.21 bits per heavy atom. The van der Waals surface area contributed by atoms with Gasteiger partial charge in [0.2, 0.25) is 0 Å². The number of halogens is 3. The van der Waals surface area contributed by atoms with Crippen molar-refractivity contribution in [2.24, 2.45) is 17.6 Å². The van der Waals surface area contributed by atoms with E-state index in [0.29, 0.717) is 12.1 Å². The van der Waals surface area contributed by atoms with Crippen LogP contribution in [0.4, 0.5) is 13.2 Å². The van der Waals surface area contributed by atoms with Crippen molar-refractivity contribution >= 4 is 0 Å². The molecule has 130 valence electrons. The van der Waals surface area contributed by atoms with Crippen LogP contribution in [-0.4, -0.2) is 27.2 Å². The van der Waals surface area contributed by atoms with Crippen molar-refractivity contribution in [2.75, 3.05) is 0 Å². The van der Waals surface area contributed by atoms with E-state index in [9.17, 15) is 13.2 Å². The van der Waals surface area contributed by atoms with E-state index in [0.717, 1.165) is 38.0 Å². The van der Waals surface area contributed by atoms with Crippen LogP contribution in [0.5, 0.6) is 0 Å². The Labute approximate surface area is 138 Å². The van der Waals surface area contributed by atoms with Gasteiger partial charge in [-0.3, -0.25) is 10.00 Å². The number of hydrogen-bond donors (Lipinski definition) is 2. The molecular weight excluding hydrogens is 317 g/mol. The van der Waals surface area contributed by atoms with Gasteiger partial charge in [0, 0.05) is 49.2 Å². The van der Waals surface area contributed by atoms with Gasteiger partial charge in [-0.15, -0.1) is 0 Å². The number of nitrogens with one attached hydrogen (secondary N) is 1. The van der Waals surface area contributed by atoms with Crippen LogP contribution in [-0.2, 0) is 13.1 Å². The van der Waals surface area contributed by atoms with Crippen molar-refractivity contribution in [3.8, 4) is 0 Å². The topological polar surface area (TPSA) is 57.9 Å². The Balaban J connectivity index is 1.41. The number of hydrogen-bond acceptors (Lipinski definition) is 3. The van der Waals surface area contributed by atoms with E-state index in [1.54, 1.807) is 0 Å². The molecule has 1 aromatic heterocycles. The molecule has 4 atom stereocenters. The second-order valence-electron chi connectivity index (χ2n) is 7.17. The van der Waals surface area contributed by atoms with E-state index < -0.39 is 23.4 Å². The summed E-state index contributed by atoms with van der Waals surface area (Å²) in [4.78, 5) is 2.37. The van der Waals surface area contributed by atoms with E-state index in [1.807, 2.05) is 6.20 Å². The third-order valence-electron chi connectivity index (χ3n) is 5.78. The average Bonchev–Trinajstić information content (AvgIpc) is 3.13. The minimum atomic E-state index is -1.09. The summed E-state index contributed by atoms with van der Waals surface area (Å²) >= 11 is 0. The van der Waals surface area contributed by atoms with Gasteiger partial charge >= 0.3 is 0 Å². The third-order valence-corrected chi connectivity index (χ3v) is 5.78. The molecule has 0 spiro atoms. The second kappa shape index (κ2) is 6.04.